The molecule has 1 aromatic heterocycles. The Morgan fingerprint density at radius 1 is 1.38 bits per heavy atom. The number of amides is 1. The highest BCUT2D eigenvalue weighted by atomic mass is 35.6. The summed E-state index contributed by atoms with van der Waals surface area (Å²) in [6, 6.07) is 0. The largest absolute Gasteiger partial charge is 0.481 e. The number of aryl methyl sites for hydroxylation is 1. The number of ether oxygens (including phenoxy) is 1. The van der Waals surface area contributed by atoms with Gasteiger partial charge in [-0.05, 0) is 19.3 Å². The highest BCUT2D eigenvalue weighted by Crippen LogP contribution is 2.26. The number of nitrogens with one attached hydrogen (secondary N) is 1. The Bertz CT molecular complexity index is 490. The first-order valence-electron chi connectivity index (χ1n) is 5.93. The lowest BCUT2D eigenvalue weighted by Crippen LogP contribution is -2.21. The van der Waals surface area contributed by atoms with E-state index < -0.39 is 15.9 Å². The number of rotatable bonds is 7. The molecular formula is C11H13Cl3N2O4S. The van der Waals surface area contributed by atoms with Crippen LogP contribution in [0.3, 0.4) is 0 Å². The number of carboxylic acid groups (broad SMARTS) is 1. The van der Waals surface area contributed by atoms with E-state index >= 15 is 0 Å². The number of hydrogen-bond acceptors (Lipinski definition) is 5. The molecule has 118 valence electrons. The van der Waals surface area contributed by atoms with Crippen LogP contribution in [0.2, 0.25) is 0 Å². The number of anilines is 1. The summed E-state index contributed by atoms with van der Waals surface area (Å²) in [6.07, 6.45) is 1.33. The van der Waals surface area contributed by atoms with E-state index in [0.717, 1.165) is 5.69 Å². The zero-order valence-electron chi connectivity index (χ0n) is 10.8. The van der Waals surface area contributed by atoms with E-state index in [1.165, 1.54) is 11.3 Å². The maximum atomic E-state index is 11.4. The van der Waals surface area contributed by atoms with Gasteiger partial charge < -0.3 is 9.84 Å². The van der Waals surface area contributed by atoms with E-state index in [0.29, 0.717) is 24.4 Å². The van der Waals surface area contributed by atoms with E-state index in [-0.39, 0.29) is 13.0 Å². The van der Waals surface area contributed by atoms with Crippen LogP contribution in [0.15, 0.2) is 5.38 Å². The number of nitrogens with zero attached hydrogens (tertiary/aromatic N) is 1. The van der Waals surface area contributed by atoms with Crippen molar-refractivity contribution in [2.75, 3.05) is 11.9 Å². The molecule has 0 bridgehead atoms. The topological polar surface area (TPSA) is 88.5 Å². The smallest absolute Gasteiger partial charge is 0.413 e. The number of carboxylic acids is 1. The first kappa shape index (κ1) is 18.3. The van der Waals surface area contributed by atoms with Crippen LogP contribution in [0.1, 0.15) is 25.0 Å². The second-order valence-corrected chi connectivity index (χ2v) is 7.44. The summed E-state index contributed by atoms with van der Waals surface area (Å²) >= 11 is 17.6. The highest BCUT2D eigenvalue weighted by molar-refractivity contribution is 7.13. The van der Waals surface area contributed by atoms with E-state index in [1.807, 2.05) is 0 Å². The molecule has 0 radical (unpaired) electrons. The third-order valence-corrected chi connectivity index (χ3v) is 3.34. The Morgan fingerprint density at radius 2 is 2.10 bits per heavy atom. The van der Waals surface area contributed by atoms with Crippen LogP contribution >= 0.6 is 46.1 Å². The molecule has 0 aliphatic carbocycles. The summed E-state index contributed by atoms with van der Waals surface area (Å²) in [5.74, 6) is -0.813. The minimum absolute atomic E-state index is 0.137. The second kappa shape index (κ2) is 8.63. The van der Waals surface area contributed by atoms with Gasteiger partial charge in [-0.2, -0.15) is 0 Å². The molecule has 1 heterocycles. The number of aliphatic carboxylic acids is 1. The lowest BCUT2D eigenvalue weighted by Gasteiger charge is -2.10. The van der Waals surface area contributed by atoms with Crippen molar-refractivity contribution in [1.82, 2.24) is 4.98 Å². The molecule has 2 N–H and O–H groups in total. The molecule has 0 atom stereocenters. The fourth-order valence-electron chi connectivity index (χ4n) is 1.33. The lowest BCUT2D eigenvalue weighted by molar-refractivity contribution is -0.137. The van der Waals surface area contributed by atoms with Gasteiger partial charge in [-0.1, -0.05) is 34.8 Å². The fourth-order valence-corrected chi connectivity index (χ4v) is 2.23. The van der Waals surface area contributed by atoms with Crippen molar-refractivity contribution >= 4 is 63.3 Å². The summed E-state index contributed by atoms with van der Waals surface area (Å²) in [5, 5.41) is 13.1. The Balaban J connectivity index is 2.31. The Labute approximate surface area is 140 Å². The number of hydrogen-bond donors (Lipinski definition) is 2. The number of carbonyl (C=O) groups excluding carboxylic acids is 1. The molecule has 0 fully saturated rings. The summed E-state index contributed by atoms with van der Waals surface area (Å²) in [5.41, 5.74) is 0.780. The number of thiazole rings is 1. The number of halogens is 3. The van der Waals surface area contributed by atoms with Crippen molar-refractivity contribution in [3.05, 3.63) is 11.1 Å². The van der Waals surface area contributed by atoms with Crippen molar-refractivity contribution in [3.8, 4) is 0 Å². The van der Waals surface area contributed by atoms with E-state index in [1.54, 1.807) is 5.38 Å². The fraction of sp³-hybridized carbons (Fsp3) is 0.545. The van der Waals surface area contributed by atoms with Crippen LogP contribution < -0.4 is 5.32 Å². The summed E-state index contributed by atoms with van der Waals surface area (Å²) in [7, 11) is 0. The van der Waals surface area contributed by atoms with Crippen LogP contribution in [0, 0.1) is 0 Å². The quantitative estimate of drug-likeness (QED) is 0.558. The van der Waals surface area contributed by atoms with Gasteiger partial charge in [-0.3, -0.25) is 10.1 Å². The maximum absolute atomic E-state index is 11.4. The van der Waals surface area contributed by atoms with Gasteiger partial charge in [-0.15, -0.1) is 11.3 Å². The Hall–Kier alpha value is -0.760. The van der Waals surface area contributed by atoms with E-state index in [2.05, 4.69) is 10.3 Å². The van der Waals surface area contributed by atoms with Gasteiger partial charge >= 0.3 is 12.1 Å². The molecule has 6 nitrogen and oxygen atoms in total. The normalized spacial score (nSPS) is 11.2. The molecule has 1 aromatic rings. The zero-order chi connectivity index (χ0) is 15.9. The van der Waals surface area contributed by atoms with Crippen molar-refractivity contribution < 1.29 is 19.4 Å². The van der Waals surface area contributed by atoms with Crippen LogP contribution in [-0.4, -0.2) is 32.6 Å². The molecule has 0 saturated carbocycles. The first-order valence-corrected chi connectivity index (χ1v) is 7.94. The molecule has 0 aliphatic heterocycles. The van der Waals surface area contributed by atoms with Gasteiger partial charge in [0.15, 0.2) is 5.13 Å². The SMILES string of the molecule is O=C(O)CCCCc1csc(NC(=O)OCC(Cl)(Cl)Cl)n1. The number of unbranched alkanes of at least 4 members (excludes halogenated alkanes) is 1. The summed E-state index contributed by atoms with van der Waals surface area (Å²) in [6.45, 7) is -0.364. The van der Waals surface area contributed by atoms with Crippen molar-refractivity contribution in [3.63, 3.8) is 0 Å². The maximum Gasteiger partial charge on any atom is 0.413 e. The lowest BCUT2D eigenvalue weighted by atomic mass is 10.2. The predicted octanol–water partition coefficient (Wildman–Crippen LogP) is 3.86. The molecule has 0 spiro atoms. The van der Waals surface area contributed by atoms with Crippen molar-refractivity contribution in [1.29, 1.82) is 0 Å². The van der Waals surface area contributed by atoms with Gasteiger partial charge in [0, 0.05) is 11.8 Å². The zero-order valence-corrected chi connectivity index (χ0v) is 13.9. The molecule has 10 heteroatoms. The number of carbonyl (C=O) groups is 2. The second-order valence-electron chi connectivity index (χ2n) is 4.06. The molecule has 21 heavy (non-hydrogen) atoms. The third kappa shape index (κ3) is 8.98. The molecule has 0 unspecified atom stereocenters. The third-order valence-electron chi connectivity index (χ3n) is 2.20. The van der Waals surface area contributed by atoms with Gasteiger partial charge in [0.05, 0.1) is 5.69 Å². The monoisotopic (exact) mass is 374 g/mol. The predicted molar refractivity (Wildman–Crippen MR) is 82.6 cm³/mol. The van der Waals surface area contributed by atoms with Crippen LogP contribution in [-0.2, 0) is 16.0 Å². The highest BCUT2D eigenvalue weighted by Gasteiger charge is 2.22. The van der Waals surface area contributed by atoms with Crippen LogP contribution in [0.5, 0.6) is 0 Å². The molecule has 1 rings (SSSR count). The number of aromatic nitrogens is 1. The van der Waals surface area contributed by atoms with Gasteiger partial charge in [0.25, 0.3) is 0 Å². The number of alkyl halides is 3. The minimum atomic E-state index is -1.66. The Morgan fingerprint density at radius 3 is 2.71 bits per heavy atom. The summed E-state index contributed by atoms with van der Waals surface area (Å²) in [4.78, 5) is 25.9. The van der Waals surface area contributed by atoms with Crippen molar-refractivity contribution in [2.24, 2.45) is 0 Å². The summed E-state index contributed by atoms with van der Waals surface area (Å²) < 4.78 is 3.04. The van der Waals surface area contributed by atoms with Crippen LogP contribution in [0.25, 0.3) is 0 Å². The van der Waals surface area contributed by atoms with Gasteiger partial charge in [-0.25, -0.2) is 9.78 Å². The van der Waals surface area contributed by atoms with Gasteiger partial charge in [0.1, 0.15) is 6.61 Å². The molecule has 0 saturated heterocycles. The molecule has 0 aliphatic rings. The Kier molecular flexibility index (Phi) is 7.51. The van der Waals surface area contributed by atoms with Gasteiger partial charge in [0.2, 0.25) is 3.79 Å². The minimum Gasteiger partial charge on any atom is -0.481 e. The van der Waals surface area contributed by atoms with Crippen LogP contribution in [0.4, 0.5) is 9.93 Å². The molecule has 1 amide bonds. The molecular weight excluding hydrogens is 363 g/mol. The average Bonchev–Trinajstić information content (AvgIpc) is 2.79. The standard InChI is InChI=1S/C11H13Cl3N2O4S/c12-11(13,14)6-20-10(19)16-9-15-7(5-21-9)3-1-2-4-8(17)18/h5H,1-4,6H2,(H,17,18)(H,15,16,19). The van der Waals surface area contributed by atoms with Crippen molar-refractivity contribution in [2.45, 2.75) is 29.5 Å². The molecule has 0 aromatic carbocycles. The van der Waals surface area contributed by atoms with E-state index in [9.17, 15) is 9.59 Å². The van der Waals surface area contributed by atoms with E-state index in [4.69, 9.17) is 44.6 Å². The average molecular weight is 376 g/mol. The first-order chi connectivity index (χ1) is 9.76.